The van der Waals surface area contributed by atoms with Gasteiger partial charge in [0.2, 0.25) is 0 Å². The summed E-state index contributed by atoms with van der Waals surface area (Å²) in [6.45, 7) is 2.69. The highest BCUT2D eigenvalue weighted by Crippen LogP contribution is 2.28. The number of carboxylic acids is 1. The lowest BCUT2D eigenvalue weighted by Gasteiger charge is -2.11. The number of ether oxygens (including phenoxy) is 3. The van der Waals surface area contributed by atoms with Crippen molar-refractivity contribution in [2.75, 3.05) is 13.7 Å². The molecule has 0 radical (unpaired) electrons. The zero-order valence-electron chi connectivity index (χ0n) is 19.7. The van der Waals surface area contributed by atoms with Gasteiger partial charge in [-0.3, -0.25) is 4.79 Å². The van der Waals surface area contributed by atoms with Crippen LogP contribution in [0.1, 0.15) is 39.0 Å². The first-order chi connectivity index (χ1) is 17.5. The third kappa shape index (κ3) is 5.82. The summed E-state index contributed by atoms with van der Waals surface area (Å²) in [5, 5.41) is 13.8. The van der Waals surface area contributed by atoms with Crippen molar-refractivity contribution in [3.05, 3.63) is 89.2 Å². The van der Waals surface area contributed by atoms with E-state index < -0.39 is 11.9 Å². The second kappa shape index (κ2) is 11.1. The Balaban J connectivity index is 1.37. The standard InChI is InChI=1S/C27H24N2O7/c1-3-34-21-9-11-22-20(13-21)14-25(36-22)26(30)29-28-15-18-6-10-23(24(12-18)33-2)35-16-17-4-7-19(8-5-17)27(31)32/h4-15H,3,16H2,1-2H3,(H,29,30)(H,31,32)/b28-15+. The summed E-state index contributed by atoms with van der Waals surface area (Å²) < 4.78 is 22.3. The number of carboxylic acid groups (broad SMARTS) is 1. The van der Waals surface area contributed by atoms with Gasteiger partial charge in [0.1, 0.15) is 17.9 Å². The van der Waals surface area contributed by atoms with Crippen LogP contribution in [0.2, 0.25) is 0 Å². The van der Waals surface area contributed by atoms with E-state index in [9.17, 15) is 9.59 Å². The fraction of sp³-hybridized carbons (Fsp3) is 0.148. The highest BCUT2D eigenvalue weighted by Gasteiger charge is 2.12. The Kier molecular flexibility index (Phi) is 7.50. The van der Waals surface area contributed by atoms with Crippen LogP contribution >= 0.6 is 0 Å². The second-order valence-electron chi connectivity index (χ2n) is 7.64. The minimum Gasteiger partial charge on any atom is -0.494 e. The first-order valence-corrected chi connectivity index (χ1v) is 11.1. The predicted octanol–water partition coefficient (Wildman–Crippen LogP) is 4.88. The Bertz CT molecular complexity index is 1410. The molecule has 1 aromatic heterocycles. The summed E-state index contributed by atoms with van der Waals surface area (Å²) >= 11 is 0. The molecule has 0 unspecified atom stereocenters. The van der Waals surface area contributed by atoms with Crippen LogP contribution in [-0.2, 0) is 6.61 Å². The molecule has 0 atom stereocenters. The molecule has 0 aliphatic rings. The summed E-state index contributed by atoms with van der Waals surface area (Å²) in [5.74, 6) is 0.360. The number of amides is 1. The average molecular weight is 488 g/mol. The maximum absolute atomic E-state index is 12.4. The first-order valence-electron chi connectivity index (χ1n) is 11.1. The van der Waals surface area contributed by atoms with Gasteiger partial charge in [-0.15, -0.1) is 0 Å². The summed E-state index contributed by atoms with van der Waals surface area (Å²) in [4.78, 5) is 23.4. The summed E-state index contributed by atoms with van der Waals surface area (Å²) in [6, 6.07) is 18.6. The number of carbonyl (C=O) groups excluding carboxylic acids is 1. The Labute approximate surface area is 206 Å². The monoisotopic (exact) mass is 488 g/mol. The number of methoxy groups -OCH3 is 1. The van der Waals surface area contributed by atoms with E-state index in [1.54, 1.807) is 48.5 Å². The van der Waals surface area contributed by atoms with E-state index in [4.69, 9.17) is 23.7 Å². The number of benzene rings is 3. The Morgan fingerprint density at radius 3 is 2.53 bits per heavy atom. The summed E-state index contributed by atoms with van der Waals surface area (Å²) in [7, 11) is 1.52. The molecule has 1 amide bonds. The molecule has 0 aliphatic heterocycles. The molecule has 3 aromatic carbocycles. The molecule has 36 heavy (non-hydrogen) atoms. The highest BCUT2D eigenvalue weighted by molar-refractivity contribution is 5.96. The number of aromatic carboxylic acids is 1. The van der Waals surface area contributed by atoms with Crippen LogP contribution in [0, 0.1) is 0 Å². The summed E-state index contributed by atoms with van der Waals surface area (Å²) in [6.07, 6.45) is 1.48. The van der Waals surface area contributed by atoms with E-state index in [0.717, 1.165) is 10.9 Å². The Morgan fingerprint density at radius 1 is 1.00 bits per heavy atom. The Morgan fingerprint density at radius 2 is 1.81 bits per heavy atom. The normalized spacial score (nSPS) is 10.9. The van der Waals surface area contributed by atoms with Crippen molar-refractivity contribution in [3.63, 3.8) is 0 Å². The number of hydrazone groups is 1. The molecular formula is C27H24N2O7. The number of furan rings is 1. The van der Waals surface area contributed by atoms with E-state index in [1.807, 2.05) is 13.0 Å². The number of hydrogen-bond donors (Lipinski definition) is 2. The number of fused-ring (bicyclic) bond motifs is 1. The number of nitrogens with one attached hydrogen (secondary N) is 1. The van der Waals surface area contributed by atoms with Gasteiger partial charge >= 0.3 is 11.9 Å². The maximum atomic E-state index is 12.4. The van der Waals surface area contributed by atoms with Gasteiger partial charge in [-0.25, -0.2) is 10.2 Å². The molecule has 4 rings (SSSR count). The average Bonchev–Trinajstić information content (AvgIpc) is 3.32. The fourth-order valence-corrected chi connectivity index (χ4v) is 3.40. The maximum Gasteiger partial charge on any atom is 0.335 e. The van der Waals surface area contributed by atoms with Crippen LogP contribution < -0.4 is 19.6 Å². The van der Waals surface area contributed by atoms with Gasteiger partial charge in [0.15, 0.2) is 17.3 Å². The molecule has 0 spiro atoms. The van der Waals surface area contributed by atoms with E-state index in [-0.39, 0.29) is 17.9 Å². The van der Waals surface area contributed by atoms with E-state index in [1.165, 1.54) is 25.5 Å². The van der Waals surface area contributed by atoms with Crippen molar-refractivity contribution < 1.29 is 33.3 Å². The molecule has 0 fully saturated rings. The molecule has 9 nitrogen and oxygen atoms in total. The molecule has 1 heterocycles. The lowest BCUT2D eigenvalue weighted by Crippen LogP contribution is -2.16. The zero-order valence-corrected chi connectivity index (χ0v) is 19.7. The lowest BCUT2D eigenvalue weighted by molar-refractivity contribution is 0.0696. The molecule has 0 saturated carbocycles. The van der Waals surface area contributed by atoms with Gasteiger partial charge < -0.3 is 23.7 Å². The van der Waals surface area contributed by atoms with Crippen molar-refractivity contribution in [2.24, 2.45) is 5.10 Å². The van der Waals surface area contributed by atoms with Crippen LogP contribution in [0.4, 0.5) is 0 Å². The topological polar surface area (TPSA) is 120 Å². The van der Waals surface area contributed by atoms with Crippen LogP contribution in [0.15, 0.2) is 76.2 Å². The fourth-order valence-electron chi connectivity index (χ4n) is 3.40. The first kappa shape index (κ1) is 24.3. The number of carbonyl (C=O) groups is 2. The lowest BCUT2D eigenvalue weighted by atomic mass is 10.1. The molecule has 0 saturated heterocycles. The molecule has 2 N–H and O–H groups in total. The Hall–Kier alpha value is -4.79. The molecule has 4 aromatic rings. The van der Waals surface area contributed by atoms with Crippen molar-refractivity contribution >= 4 is 29.1 Å². The second-order valence-corrected chi connectivity index (χ2v) is 7.64. The highest BCUT2D eigenvalue weighted by atomic mass is 16.5. The minimum absolute atomic E-state index is 0.133. The van der Waals surface area contributed by atoms with Gasteiger partial charge in [0.05, 0.1) is 25.5 Å². The molecule has 184 valence electrons. The molecule has 0 aliphatic carbocycles. The number of nitrogens with zero attached hydrogens (tertiary/aromatic N) is 1. The quantitative estimate of drug-likeness (QED) is 0.241. The zero-order chi connectivity index (χ0) is 25.5. The SMILES string of the molecule is CCOc1ccc2oc(C(=O)N/N=C/c3ccc(OCc4ccc(C(=O)O)cc4)c(OC)c3)cc2c1. The van der Waals surface area contributed by atoms with Crippen molar-refractivity contribution in [3.8, 4) is 17.2 Å². The number of hydrogen-bond acceptors (Lipinski definition) is 7. The van der Waals surface area contributed by atoms with Crippen LogP contribution in [0.3, 0.4) is 0 Å². The van der Waals surface area contributed by atoms with Gasteiger partial charge in [-0.2, -0.15) is 5.10 Å². The molecular weight excluding hydrogens is 464 g/mol. The van der Waals surface area contributed by atoms with Crippen LogP contribution in [-0.4, -0.2) is 36.9 Å². The third-order valence-corrected chi connectivity index (χ3v) is 5.19. The van der Waals surface area contributed by atoms with Gasteiger partial charge in [0, 0.05) is 5.39 Å². The predicted molar refractivity (Wildman–Crippen MR) is 133 cm³/mol. The van der Waals surface area contributed by atoms with E-state index in [2.05, 4.69) is 10.5 Å². The van der Waals surface area contributed by atoms with E-state index in [0.29, 0.717) is 35.0 Å². The smallest absolute Gasteiger partial charge is 0.335 e. The molecule has 9 heteroatoms. The minimum atomic E-state index is -0.980. The van der Waals surface area contributed by atoms with E-state index >= 15 is 0 Å². The van der Waals surface area contributed by atoms with Gasteiger partial charge in [-0.05, 0) is 72.6 Å². The largest absolute Gasteiger partial charge is 0.494 e. The van der Waals surface area contributed by atoms with Crippen LogP contribution in [0.25, 0.3) is 11.0 Å². The van der Waals surface area contributed by atoms with Crippen molar-refractivity contribution in [1.29, 1.82) is 0 Å². The van der Waals surface area contributed by atoms with Crippen molar-refractivity contribution in [2.45, 2.75) is 13.5 Å². The summed E-state index contributed by atoms with van der Waals surface area (Å²) in [5.41, 5.74) is 4.73. The van der Waals surface area contributed by atoms with Crippen molar-refractivity contribution in [1.82, 2.24) is 5.43 Å². The number of rotatable bonds is 10. The third-order valence-electron chi connectivity index (χ3n) is 5.19. The van der Waals surface area contributed by atoms with Crippen LogP contribution in [0.5, 0.6) is 17.2 Å². The molecule has 0 bridgehead atoms. The van der Waals surface area contributed by atoms with Gasteiger partial charge in [0.25, 0.3) is 0 Å². The van der Waals surface area contributed by atoms with Gasteiger partial charge in [-0.1, -0.05) is 12.1 Å².